The molecule has 0 radical (unpaired) electrons. The van der Waals surface area contributed by atoms with E-state index in [2.05, 4.69) is 19.7 Å². The average molecular weight is 321 g/mol. The number of hydrogen-bond acceptors (Lipinski definition) is 5. The smallest absolute Gasteiger partial charge is 0.330 e. The molecule has 0 saturated heterocycles. The fourth-order valence-corrected chi connectivity index (χ4v) is 6.38. The van der Waals surface area contributed by atoms with Crippen molar-refractivity contribution >= 4 is 24.0 Å². The second-order valence-electron chi connectivity index (χ2n) is 5.13. The Hall–Kier alpha value is -0.476. The second-order valence-corrected chi connectivity index (χ2v) is 11.4. The first-order chi connectivity index (χ1) is 9.52. The van der Waals surface area contributed by atoms with Crippen molar-refractivity contribution in [3.63, 3.8) is 0 Å². The fraction of sp³-hybridized carbons (Fsp3) is 0.769. The van der Waals surface area contributed by atoms with Crippen LogP contribution in [0.3, 0.4) is 0 Å². The van der Waals surface area contributed by atoms with Crippen molar-refractivity contribution in [3.8, 4) is 0 Å². The molecule has 20 heavy (non-hydrogen) atoms. The largest absolute Gasteiger partial charge is 0.460 e. The molecule has 0 unspecified atom stereocenters. The quantitative estimate of drug-likeness (QED) is 0.239. The summed E-state index contributed by atoms with van der Waals surface area (Å²) >= 11 is 0. The molecule has 0 aliphatic rings. The van der Waals surface area contributed by atoms with Gasteiger partial charge < -0.3 is 18.7 Å². The van der Waals surface area contributed by atoms with Crippen molar-refractivity contribution in [2.24, 2.45) is 0 Å². The molecule has 0 amide bonds. The van der Waals surface area contributed by atoms with Gasteiger partial charge in [-0.15, -0.1) is 0 Å². The highest BCUT2D eigenvalue weighted by Gasteiger charge is 2.20. The highest BCUT2D eigenvalue weighted by molar-refractivity contribution is 6.75. The number of aliphatic hydroxyl groups excluding tert-OH is 1. The Bertz CT molecular complexity index is 271. The molecule has 0 fully saturated rings. The summed E-state index contributed by atoms with van der Waals surface area (Å²) in [4.78, 5) is 10.7. The van der Waals surface area contributed by atoms with Crippen molar-refractivity contribution < 1.29 is 23.5 Å². The molecule has 1 N–H and O–H groups in total. The van der Waals surface area contributed by atoms with Gasteiger partial charge in [-0.2, -0.15) is 0 Å². The molecule has 0 aliphatic heterocycles. The van der Waals surface area contributed by atoms with Gasteiger partial charge in [-0.1, -0.05) is 6.58 Å². The Kier molecular flexibility index (Phi) is 12.0. The topological polar surface area (TPSA) is 65.0 Å². The molecule has 5 nitrogen and oxygen atoms in total. The van der Waals surface area contributed by atoms with Crippen LogP contribution in [0.1, 0.15) is 12.8 Å². The number of aliphatic hydroxyl groups is 1. The van der Waals surface area contributed by atoms with E-state index in [4.69, 9.17) is 18.7 Å². The Balaban J connectivity index is 3.32. The molecule has 0 saturated carbocycles. The van der Waals surface area contributed by atoms with Crippen LogP contribution in [-0.4, -0.2) is 55.6 Å². The van der Waals surface area contributed by atoms with Gasteiger partial charge in [-0.05, 0) is 38.0 Å². The van der Waals surface area contributed by atoms with E-state index in [-0.39, 0.29) is 13.2 Å². The van der Waals surface area contributed by atoms with Crippen LogP contribution in [-0.2, 0) is 18.4 Å². The molecule has 0 aromatic heterocycles. The molecule has 0 aliphatic carbocycles. The molecule has 0 aromatic carbocycles. The molecule has 118 valence electrons. The zero-order chi connectivity index (χ0) is 15.3. The van der Waals surface area contributed by atoms with Gasteiger partial charge in [0, 0.05) is 19.3 Å². The number of esters is 1. The van der Waals surface area contributed by atoms with Gasteiger partial charge in [0.15, 0.2) is 8.32 Å². The predicted octanol–water partition coefficient (Wildman–Crippen LogP) is 1.23. The van der Waals surface area contributed by atoms with Gasteiger partial charge >= 0.3 is 5.97 Å². The second kappa shape index (κ2) is 12.3. The fourth-order valence-electron chi connectivity index (χ4n) is 1.59. The van der Waals surface area contributed by atoms with E-state index in [1.54, 1.807) is 0 Å². The summed E-state index contributed by atoms with van der Waals surface area (Å²) in [6.07, 6.45) is 2.98. The lowest BCUT2D eigenvalue weighted by molar-refractivity contribution is -0.139. The molecule has 0 heterocycles. The summed E-state index contributed by atoms with van der Waals surface area (Å²) in [6.45, 7) is 9.37. The van der Waals surface area contributed by atoms with Crippen LogP contribution < -0.4 is 0 Å². The van der Waals surface area contributed by atoms with E-state index in [1.807, 2.05) is 0 Å². The molecule has 0 atom stereocenters. The van der Waals surface area contributed by atoms with Crippen LogP contribution in [0.4, 0.5) is 0 Å². The zero-order valence-corrected chi connectivity index (χ0v) is 15.1. The molecule has 7 heteroatoms. The van der Waals surface area contributed by atoms with Gasteiger partial charge in [0.2, 0.25) is 0 Å². The highest BCUT2D eigenvalue weighted by atomic mass is 28.4. The Morgan fingerprint density at radius 2 is 2.05 bits per heavy atom. The molecule has 0 bridgehead atoms. The minimum absolute atomic E-state index is 0.256. The van der Waals surface area contributed by atoms with Crippen molar-refractivity contribution in [1.82, 2.24) is 0 Å². The number of carbonyl (C=O) groups is 1. The molecule has 0 aromatic rings. The Morgan fingerprint density at radius 3 is 2.70 bits per heavy atom. The SMILES string of the molecule is C=CC(=O)OCCOCCC[SiH2]O[Si](C)(C)CCCO. The first-order valence-corrected chi connectivity index (χ1v) is 11.8. The van der Waals surface area contributed by atoms with E-state index in [0.29, 0.717) is 13.2 Å². The van der Waals surface area contributed by atoms with Crippen molar-refractivity contribution in [2.45, 2.75) is 38.0 Å². The van der Waals surface area contributed by atoms with Crippen LogP contribution in [0.15, 0.2) is 12.7 Å². The standard InChI is InChI=1S/C13H28O5Si2/c1-4-13(15)17-10-9-16-8-6-11-19-18-20(2,3)12-5-7-14/h4,14H,1,5-12,19H2,2-3H3. The Labute approximate surface area is 125 Å². The maximum atomic E-state index is 10.7. The molecular weight excluding hydrogens is 292 g/mol. The summed E-state index contributed by atoms with van der Waals surface area (Å²) in [5, 5.41) is 8.82. The van der Waals surface area contributed by atoms with Gasteiger partial charge in [-0.25, -0.2) is 4.79 Å². The monoisotopic (exact) mass is 320 g/mol. The number of hydrogen-bond donors (Lipinski definition) is 1. The van der Waals surface area contributed by atoms with E-state index >= 15 is 0 Å². The lowest BCUT2D eigenvalue weighted by atomic mass is 10.5. The van der Waals surface area contributed by atoms with Crippen LogP contribution in [0, 0.1) is 0 Å². The first-order valence-electron chi connectivity index (χ1n) is 7.13. The maximum Gasteiger partial charge on any atom is 0.330 e. The molecule has 0 rings (SSSR count). The number of carbonyl (C=O) groups excluding carboxylic acids is 1. The van der Waals surface area contributed by atoms with Crippen molar-refractivity contribution in [1.29, 1.82) is 0 Å². The van der Waals surface area contributed by atoms with Crippen LogP contribution in [0.25, 0.3) is 0 Å². The van der Waals surface area contributed by atoms with Gasteiger partial charge in [-0.3, -0.25) is 0 Å². The molecular formula is C13H28O5Si2. The van der Waals surface area contributed by atoms with Gasteiger partial charge in [0.25, 0.3) is 0 Å². The summed E-state index contributed by atoms with van der Waals surface area (Å²) < 4.78 is 16.2. The predicted molar refractivity (Wildman–Crippen MR) is 85.0 cm³/mol. The van der Waals surface area contributed by atoms with Crippen molar-refractivity contribution in [2.75, 3.05) is 26.4 Å². The Morgan fingerprint density at radius 1 is 1.30 bits per heavy atom. The van der Waals surface area contributed by atoms with Crippen LogP contribution >= 0.6 is 0 Å². The van der Waals surface area contributed by atoms with Gasteiger partial charge in [0.1, 0.15) is 16.4 Å². The minimum Gasteiger partial charge on any atom is -0.460 e. The van der Waals surface area contributed by atoms with E-state index in [9.17, 15) is 4.79 Å². The zero-order valence-electron chi connectivity index (χ0n) is 12.7. The van der Waals surface area contributed by atoms with E-state index < -0.39 is 24.0 Å². The summed E-state index contributed by atoms with van der Waals surface area (Å²) in [7, 11) is -2.00. The summed E-state index contributed by atoms with van der Waals surface area (Å²) in [6, 6.07) is 2.13. The summed E-state index contributed by atoms with van der Waals surface area (Å²) in [5.41, 5.74) is 0. The minimum atomic E-state index is -1.53. The lowest BCUT2D eigenvalue weighted by Crippen LogP contribution is -2.32. The average Bonchev–Trinajstić information content (AvgIpc) is 2.43. The van der Waals surface area contributed by atoms with Gasteiger partial charge in [0.05, 0.1) is 6.61 Å². The molecule has 0 spiro atoms. The summed E-state index contributed by atoms with van der Waals surface area (Å²) in [5.74, 6) is -0.413. The number of ether oxygens (including phenoxy) is 2. The normalized spacial score (nSPS) is 11.9. The maximum absolute atomic E-state index is 10.7. The number of rotatable bonds is 13. The third-order valence-corrected chi connectivity index (χ3v) is 9.04. The van der Waals surface area contributed by atoms with Crippen LogP contribution in [0.2, 0.25) is 25.2 Å². The first kappa shape index (κ1) is 19.5. The third kappa shape index (κ3) is 12.6. The third-order valence-electron chi connectivity index (χ3n) is 2.75. The van der Waals surface area contributed by atoms with Crippen molar-refractivity contribution in [3.05, 3.63) is 12.7 Å². The van der Waals surface area contributed by atoms with E-state index in [1.165, 1.54) is 0 Å². The lowest BCUT2D eigenvalue weighted by Gasteiger charge is -2.22. The van der Waals surface area contributed by atoms with Crippen LogP contribution in [0.5, 0.6) is 0 Å². The highest BCUT2D eigenvalue weighted by Crippen LogP contribution is 2.13. The van der Waals surface area contributed by atoms with E-state index in [0.717, 1.165) is 31.0 Å².